The Morgan fingerprint density at radius 3 is 3.16 bits per heavy atom. The van der Waals surface area contributed by atoms with Crippen molar-refractivity contribution in [2.75, 3.05) is 17.2 Å². The monoisotopic (exact) mass is 273 g/mol. The first-order chi connectivity index (χ1) is 9.22. The van der Waals surface area contributed by atoms with Crippen molar-refractivity contribution in [3.05, 3.63) is 40.9 Å². The molecule has 1 aliphatic rings. The number of nitrogens with one attached hydrogen (secondary N) is 2. The Morgan fingerprint density at radius 2 is 2.37 bits per heavy atom. The van der Waals surface area contributed by atoms with Gasteiger partial charge in [0, 0.05) is 30.0 Å². The average Bonchev–Trinajstić information content (AvgIpc) is 2.97. The van der Waals surface area contributed by atoms with Crippen LogP contribution in [0.5, 0.6) is 0 Å². The molecule has 0 saturated carbocycles. The Labute approximate surface area is 115 Å². The summed E-state index contributed by atoms with van der Waals surface area (Å²) in [5.74, 6) is 0.273. The molecule has 1 unspecified atom stereocenters. The number of aromatic nitrogens is 1. The van der Waals surface area contributed by atoms with E-state index in [1.54, 1.807) is 0 Å². The zero-order valence-corrected chi connectivity index (χ0v) is 11.5. The number of aryl methyl sites for hydroxylation is 1. The number of fused-ring (bicyclic) bond motifs is 1. The molecule has 0 spiro atoms. The van der Waals surface area contributed by atoms with Crippen molar-refractivity contribution >= 4 is 28.1 Å². The summed E-state index contributed by atoms with van der Waals surface area (Å²) in [5.41, 5.74) is 3.31. The lowest BCUT2D eigenvalue weighted by Crippen LogP contribution is -2.16. The van der Waals surface area contributed by atoms with Crippen LogP contribution in [0.3, 0.4) is 0 Å². The molecule has 1 aliphatic heterocycles. The fourth-order valence-electron chi connectivity index (χ4n) is 2.34. The van der Waals surface area contributed by atoms with Crippen molar-refractivity contribution in [1.29, 1.82) is 0 Å². The molecule has 1 atom stereocenters. The average molecular weight is 273 g/mol. The van der Waals surface area contributed by atoms with Gasteiger partial charge in [0.05, 0.1) is 5.69 Å². The van der Waals surface area contributed by atoms with Gasteiger partial charge in [0.15, 0.2) is 5.13 Å². The highest BCUT2D eigenvalue weighted by Crippen LogP contribution is 2.33. The summed E-state index contributed by atoms with van der Waals surface area (Å²) in [4.78, 5) is 16.3. The molecule has 19 heavy (non-hydrogen) atoms. The SMILES string of the molecule is Cc1csc(NC(=O)CC2CNc3ccccc32)n1. The van der Waals surface area contributed by atoms with E-state index in [-0.39, 0.29) is 11.8 Å². The van der Waals surface area contributed by atoms with Crippen LogP contribution in [-0.4, -0.2) is 17.4 Å². The molecule has 0 saturated heterocycles. The molecular weight excluding hydrogens is 258 g/mol. The number of hydrogen-bond donors (Lipinski definition) is 2. The van der Waals surface area contributed by atoms with E-state index >= 15 is 0 Å². The van der Waals surface area contributed by atoms with E-state index in [0.717, 1.165) is 17.9 Å². The zero-order chi connectivity index (χ0) is 13.2. The third-order valence-corrected chi connectivity index (χ3v) is 4.11. The number of carbonyl (C=O) groups excluding carboxylic acids is 1. The highest BCUT2D eigenvalue weighted by atomic mass is 32.1. The molecule has 0 fully saturated rings. The summed E-state index contributed by atoms with van der Waals surface area (Å²) in [6.07, 6.45) is 0.489. The molecule has 1 aromatic heterocycles. The highest BCUT2D eigenvalue weighted by molar-refractivity contribution is 7.13. The van der Waals surface area contributed by atoms with Crippen molar-refractivity contribution in [1.82, 2.24) is 4.98 Å². The van der Waals surface area contributed by atoms with Crippen LogP contribution in [0.4, 0.5) is 10.8 Å². The van der Waals surface area contributed by atoms with E-state index in [0.29, 0.717) is 11.6 Å². The lowest BCUT2D eigenvalue weighted by atomic mass is 9.98. The first-order valence-electron chi connectivity index (χ1n) is 6.27. The van der Waals surface area contributed by atoms with Gasteiger partial charge < -0.3 is 10.6 Å². The Balaban J connectivity index is 1.65. The third-order valence-electron chi connectivity index (χ3n) is 3.24. The molecule has 2 heterocycles. The van der Waals surface area contributed by atoms with Crippen LogP contribution in [-0.2, 0) is 4.79 Å². The largest absolute Gasteiger partial charge is 0.384 e. The van der Waals surface area contributed by atoms with Gasteiger partial charge in [-0.15, -0.1) is 11.3 Å². The van der Waals surface area contributed by atoms with Crippen LogP contribution in [0.25, 0.3) is 0 Å². The van der Waals surface area contributed by atoms with Gasteiger partial charge in [-0.1, -0.05) is 18.2 Å². The van der Waals surface area contributed by atoms with E-state index in [1.165, 1.54) is 16.9 Å². The minimum atomic E-state index is 0.0258. The smallest absolute Gasteiger partial charge is 0.226 e. The number of nitrogens with zero attached hydrogens (tertiary/aromatic N) is 1. The molecule has 3 rings (SSSR count). The van der Waals surface area contributed by atoms with Gasteiger partial charge in [0.25, 0.3) is 0 Å². The molecule has 1 amide bonds. The predicted molar refractivity (Wildman–Crippen MR) is 77.8 cm³/mol. The van der Waals surface area contributed by atoms with Gasteiger partial charge >= 0.3 is 0 Å². The molecular formula is C14H15N3OS. The molecule has 4 nitrogen and oxygen atoms in total. The number of anilines is 2. The second-order valence-corrected chi connectivity index (χ2v) is 5.57. The third kappa shape index (κ3) is 2.61. The Morgan fingerprint density at radius 1 is 1.53 bits per heavy atom. The minimum absolute atomic E-state index is 0.0258. The zero-order valence-electron chi connectivity index (χ0n) is 10.6. The standard InChI is InChI=1S/C14H15N3OS/c1-9-8-19-14(16-9)17-13(18)6-10-7-15-12-5-3-2-4-11(10)12/h2-5,8,10,15H,6-7H2,1H3,(H,16,17,18). The maximum Gasteiger partial charge on any atom is 0.226 e. The summed E-state index contributed by atoms with van der Waals surface area (Å²) in [6.45, 7) is 2.74. The van der Waals surface area contributed by atoms with E-state index in [9.17, 15) is 4.79 Å². The van der Waals surface area contributed by atoms with Crippen LogP contribution in [0.15, 0.2) is 29.6 Å². The number of hydrogen-bond acceptors (Lipinski definition) is 4. The van der Waals surface area contributed by atoms with E-state index < -0.39 is 0 Å². The fourth-order valence-corrected chi connectivity index (χ4v) is 3.05. The molecule has 2 N–H and O–H groups in total. The van der Waals surface area contributed by atoms with Crippen LogP contribution in [0.1, 0.15) is 23.6 Å². The van der Waals surface area contributed by atoms with E-state index in [4.69, 9.17) is 0 Å². The van der Waals surface area contributed by atoms with Crippen molar-refractivity contribution in [3.8, 4) is 0 Å². The number of benzene rings is 1. The van der Waals surface area contributed by atoms with Crippen molar-refractivity contribution in [2.24, 2.45) is 0 Å². The van der Waals surface area contributed by atoms with Crippen molar-refractivity contribution < 1.29 is 4.79 Å². The molecule has 0 bridgehead atoms. The Kier molecular flexibility index (Phi) is 3.21. The lowest BCUT2D eigenvalue weighted by Gasteiger charge is -2.09. The second kappa shape index (κ2) is 5.01. The minimum Gasteiger partial charge on any atom is -0.384 e. The fraction of sp³-hybridized carbons (Fsp3) is 0.286. The number of thiazole rings is 1. The summed E-state index contributed by atoms with van der Waals surface area (Å²) in [5, 5.41) is 8.81. The predicted octanol–water partition coefficient (Wildman–Crippen LogP) is 2.99. The van der Waals surface area contributed by atoms with Crippen molar-refractivity contribution in [2.45, 2.75) is 19.3 Å². The van der Waals surface area contributed by atoms with Gasteiger partial charge in [-0.3, -0.25) is 4.79 Å². The van der Waals surface area contributed by atoms with Gasteiger partial charge in [0.1, 0.15) is 0 Å². The first kappa shape index (κ1) is 12.2. The first-order valence-corrected chi connectivity index (χ1v) is 7.15. The summed E-state index contributed by atoms with van der Waals surface area (Å²) in [6, 6.07) is 8.16. The molecule has 5 heteroatoms. The Bertz CT molecular complexity index is 608. The molecule has 2 aromatic rings. The van der Waals surface area contributed by atoms with E-state index in [1.807, 2.05) is 24.4 Å². The Hall–Kier alpha value is -1.88. The quantitative estimate of drug-likeness (QED) is 0.904. The molecule has 0 radical (unpaired) electrons. The second-order valence-electron chi connectivity index (χ2n) is 4.71. The van der Waals surface area contributed by atoms with Gasteiger partial charge in [-0.2, -0.15) is 0 Å². The maximum absolute atomic E-state index is 12.0. The van der Waals surface area contributed by atoms with Crippen molar-refractivity contribution in [3.63, 3.8) is 0 Å². The van der Waals surface area contributed by atoms with Crippen LogP contribution in [0, 0.1) is 6.92 Å². The van der Waals surface area contributed by atoms with Gasteiger partial charge in [-0.25, -0.2) is 4.98 Å². The van der Waals surface area contributed by atoms with Crippen LogP contribution in [0.2, 0.25) is 0 Å². The number of para-hydroxylation sites is 1. The highest BCUT2D eigenvalue weighted by Gasteiger charge is 2.24. The summed E-state index contributed by atoms with van der Waals surface area (Å²) >= 11 is 1.46. The molecule has 0 aliphatic carbocycles. The van der Waals surface area contributed by atoms with Gasteiger partial charge in [-0.05, 0) is 18.6 Å². The topological polar surface area (TPSA) is 54.0 Å². The maximum atomic E-state index is 12.0. The number of rotatable bonds is 3. The summed E-state index contributed by atoms with van der Waals surface area (Å²) in [7, 11) is 0. The molecule has 1 aromatic carbocycles. The van der Waals surface area contributed by atoms with Crippen LogP contribution >= 0.6 is 11.3 Å². The molecule has 98 valence electrons. The summed E-state index contributed by atoms with van der Waals surface area (Å²) < 4.78 is 0. The van der Waals surface area contributed by atoms with E-state index in [2.05, 4.69) is 27.8 Å². The lowest BCUT2D eigenvalue weighted by molar-refractivity contribution is -0.116. The van der Waals surface area contributed by atoms with Gasteiger partial charge in [0.2, 0.25) is 5.91 Å². The van der Waals surface area contributed by atoms with Crippen LogP contribution < -0.4 is 10.6 Å². The number of amides is 1. The number of carbonyl (C=O) groups is 1. The normalized spacial score (nSPS) is 16.8.